The lowest BCUT2D eigenvalue weighted by molar-refractivity contribution is 0.122. The zero-order chi connectivity index (χ0) is 12.1. The van der Waals surface area contributed by atoms with Crippen LogP contribution in [0.4, 0.5) is 11.8 Å². The Morgan fingerprint density at radius 2 is 2.12 bits per heavy atom. The van der Waals surface area contributed by atoms with E-state index in [9.17, 15) is 0 Å². The number of nitrogens with zero attached hydrogens (tertiary/aromatic N) is 3. The van der Waals surface area contributed by atoms with Gasteiger partial charge in [0.1, 0.15) is 5.82 Å². The molecule has 1 N–H and O–H groups in total. The van der Waals surface area contributed by atoms with E-state index in [0.29, 0.717) is 0 Å². The summed E-state index contributed by atoms with van der Waals surface area (Å²) in [6.07, 6.45) is 1.07. The molecule has 1 aliphatic heterocycles. The molecule has 0 saturated carbocycles. The molecule has 2 heterocycles. The lowest BCUT2D eigenvalue weighted by Crippen LogP contribution is -2.37. The third-order valence-corrected chi connectivity index (χ3v) is 2.71. The summed E-state index contributed by atoms with van der Waals surface area (Å²) in [4.78, 5) is 11.2. The Morgan fingerprint density at radius 1 is 1.35 bits per heavy atom. The lowest BCUT2D eigenvalue weighted by Gasteiger charge is -2.28. The molecule has 1 aliphatic rings. The number of rotatable bonds is 4. The quantitative estimate of drug-likeness (QED) is 0.857. The van der Waals surface area contributed by atoms with Gasteiger partial charge in [-0.05, 0) is 13.3 Å². The molecule has 0 aliphatic carbocycles. The zero-order valence-corrected chi connectivity index (χ0v) is 10.6. The maximum absolute atomic E-state index is 5.35. The molecule has 0 aromatic carbocycles. The summed E-state index contributed by atoms with van der Waals surface area (Å²) in [5.74, 6) is 1.73. The average Bonchev–Trinajstić information content (AvgIpc) is 2.37. The molecule has 1 aromatic rings. The number of nitrogens with one attached hydrogen (secondary N) is 1. The van der Waals surface area contributed by atoms with E-state index in [-0.39, 0.29) is 0 Å². The van der Waals surface area contributed by atoms with Gasteiger partial charge in [-0.1, -0.05) is 6.92 Å². The summed E-state index contributed by atoms with van der Waals surface area (Å²) >= 11 is 0. The molecule has 2 rings (SSSR count). The SMILES string of the molecule is CCCNc1nc(C)cc(N2CCOCC2)n1. The molecule has 0 radical (unpaired) electrons. The van der Waals surface area contributed by atoms with Gasteiger partial charge in [-0.3, -0.25) is 0 Å². The molecule has 5 nitrogen and oxygen atoms in total. The van der Waals surface area contributed by atoms with E-state index in [1.807, 2.05) is 13.0 Å². The van der Waals surface area contributed by atoms with Crippen LogP contribution in [0.2, 0.25) is 0 Å². The number of anilines is 2. The van der Waals surface area contributed by atoms with Gasteiger partial charge in [0.15, 0.2) is 0 Å². The van der Waals surface area contributed by atoms with Gasteiger partial charge in [0.05, 0.1) is 13.2 Å². The third kappa shape index (κ3) is 3.30. The summed E-state index contributed by atoms with van der Waals surface area (Å²) < 4.78 is 5.35. The van der Waals surface area contributed by atoms with E-state index in [2.05, 4.69) is 27.1 Å². The van der Waals surface area contributed by atoms with E-state index < -0.39 is 0 Å². The van der Waals surface area contributed by atoms with Crippen molar-refractivity contribution in [2.45, 2.75) is 20.3 Å². The van der Waals surface area contributed by atoms with Crippen LogP contribution >= 0.6 is 0 Å². The summed E-state index contributed by atoms with van der Waals surface area (Å²) in [5, 5.41) is 3.23. The Balaban J connectivity index is 2.12. The molecule has 1 fully saturated rings. The van der Waals surface area contributed by atoms with Crippen LogP contribution in [-0.2, 0) is 4.74 Å². The second-order valence-corrected chi connectivity index (χ2v) is 4.22. The second kappa shape index (κ2) is 5.82. The van der Waals surface area contributed by atoms with Crippen molar-refractivity contribution in [3.63, 3.8) is 0 Å². The Morgan fingerprint density at radius 3 is 2.82 bits per heavy atom. The first-order valence-corrected chi connectivity index (χ1v) is 6.22. The van der Waals surface area contributed by atoms with E-state index >= 15 is 0 Å². The van der Waals surface area contributed by atoms with Gasteiger partial charge in [0, 0.05) is 31.4 Å². The van der Waals surface area contributed by atoms with Crippen molar-refractivity contribution in [1.82, 2.24) is 9.97 Å². The highest BCUT2D eigenvalue weighted by Crippen LogP contribution is 2.16. The summed E-state index contributed by atoms with van der Waals surface area (Å²) in [6.45, 7) is 8.41. The Bertz CT molecular complexity index is 364. The van der Waals surface area contributed by atoms with Crippen molar-refractivity contribution < 1.29 is 4.74 Å². The first-order valence-electron chi connectivity index (χ1n) is 6.22. The molecule has 94 valence electrons. The third-order valence-electron chi connectivity index (χ3n) is 2.71. The van der Waals surface area contributed by atoms with Crippen LogP contribution in [0.15, 0.2) is 6.07 Å². The number of aryl methyl sites for hydroxylation is 1. The Hall–Kier alpha value is -1.36. The number of hydrogen-bond acceptors (Lipinski definition) is 5. The topological polar surface area (TPSA) is 50.3 Å². The first kappa shape index (κ1) is 12.1. The fourth-order valence-corrected chi connectivity index (χ4v) is 1.82. The number of aromatic nitrogens is 2. The van der Waals surface area contributed by atoms with Crippen molar-refractivity contribution in [2.24, 2.45) is 0 Å². The van der Waals surface area contributed by atoms with Crippen molar-refractivity contribution in [3.05, 3.63) is 11.8 Å². The molecule has 1 saturated heterocycles. The number of ether oxygens (including phenoxy) is 1. The fraction of sp³-hybridized carbons (Fsp3) is 0.667. The van der Waals surface area contributed by atoms with Crippen LogP contribution in [-0.4, -0.2) is 42.8 Å². The predicted octanol–water partition coefficient (Wildman–Crippen LogP) is 1.44. The fourth-order valence-electron chi connectivity index (χ4n) is 1.82. The summed E-state index contributed by atoms with van der Waals surface area (Å²) in [5.41, 5.74) is 1.00. The van der Waals surface area contributed by atoms with E-state index in [0.717, 1.165) is 56.7 Å². The monoisotopic (exact) mass is 236 g/mol. The smallest absolute Gasteiger partial charge is 0.224 e. The van der Waals surface area contributed by atoms with Crippen LogP contribution in [0.25, 0.3) is 0 Å². The highest BCUT2D eigenvalue weighted by Gasteiger charge is 2.13. The zero-order valence-electron chi connectivity index (χ0n) is 10.6. The molecular formula is C12H20N4O. The average molecular weight is 236 g/mol. The van der Waals surface area contributed by atoms with Crippen molar-refractivity contribution in [1.29, 1.82) is 0 Å². The van der Waals surface area contributed by atoms with Crippen LogP contribution in [0.3, 0.4) is 0 Å². The highest BCUT2D eigenvalue weighted by atomic mass is 16.5. The maximum atomic E-state index is 5.35. The van der Waals surface area contributed by atoms with Gasteiger partial charge in [0.25, 0.3) is 0 Å². The normalized spacial score (nSPS) is 16.0. The van der Waals surface area contributed by atoms with Gasteiger partial charge in [-0.25, -0.2) is 4.98 Å². The van der Waals surface area contributed by atoms with Crippen LogP contribution in [0, 0.1) is 6.92 Å². The van der Waals surface area contributed by atoms with Gasteiger partial charge in [-0.15, -0.1) is 0 Å². The number of morpholine rings is 1. The van der Waals surface area contributed by atoms with E-state index in [4.69, 9.17) is 4.74 Å². The van der Waals surface area contributed by atoms with Crippen LogP contribution < -0.4 is 10.2 Å². The Labute approximate surface area is 102 Å². The molecule has 0 atom stereocenters. The first-order chi connectivity index (χ1) is 8.29. The minimum Gasteiger partial charge on any atom is -0.378 e. The predicted molar refractivity (Wildman–Crippen MR) is 68.6 cm³/mol. The summed E-state index contributed by atoms with van der Waals surface area (Å²) in [6, 6.07) is 2.03. The largest absolute Gasteiger partial charge is 0.378 e. The molecule has 0 unspecified atom stereocenters. The van der Waals surface area contributed by atoms with E-state index in [1.54, 1.807) is 0 Å². The van der Waals surface area contributed by atoms with Crippen molar-refractivity contribution >= 4 is 11.8 Å². The van der Waals surface area contributed by atoms with Gasteiger partial charge >= 0.3 is 0 Å². The van der Waals surface area contributed by atoms with Gasteiger partial charge < -0.3 is 15.0 Å². The molecule has 1 aromatic heterocycles. The molecule has 0 amide bonds. The molecule has 17 heavy (non-hydrogen) atoms. The van der Waals surface area contributed by atoms with Crippen LogP contribution in [0.5, 0.6) is 0 Å². The molecule has 5 heteroatoms. The van der Waals surface area contributed by atoms with Gasteiger partial charge in [-0.2, -0.15) is 4.98 Å². The maximum Gasteiger partial charge on any atom is 0.224 e. The number of hydrogen-bond donors (Lipinski definition) is 1. The van der Waals surface area contributed by atoms with Gasteiger partial charge in [0.2, 0.25) is 5.95 Å². The second-order valence-electron chi connectivity index (χ2n) is 4.22. The molecule has 0 bridgehead atoms. The lowest BCUT2D eigenvalue weighted by atomic mass is 10.3. The summed E-state index contributed by atoms with van der Waals surface area (Å²) in [7, 11) is 0. The standard InChI is InChI=1S/C12H20N4O/c1-3-4-13-12-14-10(2)9-11(15-12)16-5-7-17-8-6-16/h9H,3-8H2,1-2H3,(H,13,14,15). The molecular weight excluding hydrogens is 216 g/mol. The Kier molecular flexibility index (Phi) is 4.14. The van der Waals surface area contributed by atoms with Crippen molar-refractivity contribution in [3.8, 4) is 0 Å². The minimum absolute atomic E-state index is 0.730. The minimum atomic E-state index is 0.730. The highest BCUT2D eigenvalue weighted by molar-refractivity contribution is 5.45. The van der Waals surface area contributed by atoms with E-state index in [1.165, 1.54) is 0 Å². The van der Waals surface area contributed by atoms with Crippen molar-refractivity contribution in [2.75, 3.05) is 43.1 Å². The molecule has 0 spiro atoms. The van der Waals surface area contributed by atoms with Crippen LogP contribution in [0.1, 0.15) is 19.0 Å².